The summed E-state index contributed by atoms with van der Waals surface area (Å²) in [4.78, 5) is 2.28. The smallest absolute Gasteiger partial charge is 0.161 e. The molecule has 28 heavy (non-hydrogen) atoms. The van der Waals surface area contributed by atoms with Crippen molar-refractivity contribution in [2.45, 2.75) is 6.54 Å². The van der Waals surface area contributed by atoms with Crippen LogP contribution >= 0.6 is 0 Å². The monoisotopic (exact) mass is 371 g/mol. The highest BCUT2D eigenvalue weighted by Crippen LogP contribution is 2.31. The van der Waals surface area contributed by atoms with Gasteiger partial charge in [0.15, 0.2) is 11.5 Å². The van der Waals surface area contributed by atoms with Gasteiger partial charge < -0.3 is 9.47 Å². The molecule has 0 saturated heterocycles. The molecule has 0 aromatic heterocycles. The van der Waals surface area contributed by atoms with E-state index in [1.165, 1.54) is 22.3 Å². The first kappa shape index (κ1) is 18.3. The summed E-state index contributed by atoms with van der Waals surface area (Å²) in [5.74, 6) is 1.70. The summed E-state index contributed by atoms with van der Waals surface area (Å²) in [6.45, 7) is 3.00. The number of likely N-dealkylation sites (N-methyl/N-ethyl adjacent to an activating group) is 1. The van der Waals surface area contributed by atoms with Gasteiger partial charge in [0.1, 0.15) is 13.2 Å². The average molecular weight is 371 g/mol. The van der Waals surface area contributed by atoms with Gasteiger partial charge in [-0.05, 0) is 41.4 Å². The number of hydrogen-bond acceptors (Lipinski definition) is 3. The predicted molar refractivity (Wildman–Crippen MR) is 115 cm³/mol. The highest BCUT2D eigenvalue weighted by molar-refractivity contribution is 5.65. The molecule has 0 amide bonds. The van der Waals surface area contributed by atoms with E-state index in [0.29, 0.717) is 13.2 Å². The van der Waals surface area contributed by atoms with Crippen molar-refractivity contribution in [3.8, 4) is 22.6 Å². The molecule has 0 spiro atoms. The molecule has 142 valence electrons. The van der Waals surface area contributed by atoms with Gasteiger partial charge >= 0.3 is 0 Å². The molecule has 4 rings (SSSR count). The maximum atomic E-state index is 5.67. The van der Waals surface area contributed by atoms with Crippen LogP contribution < -0.4 is 9.47 Å². The highest BCUT2D eigenvalue weighted by Gasteiger charge is 2.12. The van der Waals surface area contributed by atoms with Crippen LogP contribution in [0.15, 0.2) is 78.9 Å². The zero-order chi connectivity index (χ0) is 19.2. The van der Waals surface area contributed by atoms with Crippen LogP contribution in [0.25, 0.3) is 17.2 Å². The number of fused-ring (bicyclic) bond motifs is 1. The van der Waals surface area contributed by atoms with E-state index in [1.54, 1.807) is 0 Å². The second-order valence-electron chi connectivity index (χ2n) is 7.07. The molecule has 3 aromatic carbocycles. The van der Waals surface area contributed by atoms with E-state index in [2.05, 4.69) is 84.8 Å². The fraction of sp³-hybridized carbons (Fsp3) is 0.200. The van der Waals surface area contributed by atoms with Crippen LogP contribution in [0.4, 0.5) is 0 Å². The molecule has 0 fully saturated rings. The summed E-state index contributed by atoms with van der Waals surface area (Å²) < 4.78 is 11.3. The maximum absolute atomic E-state index is 5.67. The van der Waals surface area contributed by atoms with Crippen LogP contribution in [-0.2, 0) is 6.54 Å². The van der Waals surface area contributed by atoms with Gasteiger partial charge in [0, 0.05) is 13.1 Å². The zero-order valence-electron chi connectivity index (χ0n) is 16.2. The SMILES string of the molecule is CN(CC=Cc1ccc(-c2ccccc2)cc1)Cc1ccc2c(c1)OCCO2. The largest absolute Gasteiger partial charge is 0.486 e. The Kier molecular flexibility index (Phi) is 5.74. The molecule has 3 aromatic rings. The molecule has 3 heteroatoms. The lowest BCUT2D eigenvalue weighted by Crippen LogP contribution is -2.19. The van der Waals surface area contributed by atoms with E-state index in [0.717, 1.165) is 24.6 Å². The van der Waals surface area contributed by atoms with Gasteiger partial charge in [0.2, 0.25) is 0 Å². The van der Waals surface area contributed by atoms with E-state index in [-0.39, 0.29) is 0 Å². The third-order valence-electron chi connectivity index (χ3n) is 4.80. The Hall–Kier alpha value is -3.04. The Bertz CT molecular complexity index is 933. The van der Waals surface area contributed by atoms with Crippen LogP contribution in [0.3, 0.4) is 0 Å². The number of rotatable bonds is 6. The van der Waals surface area contributed by atoms with Gasteiger partial charge in [-0.25, -0.2) is 0 Å². The van der Waals surface area contributed by atoms with Gasteiger partial charge in [-0.15, -0.1) is 0 Å². The lowest BCUT2D eigenvalue weighted by molar-refractivity contribution is 0.171. The second-order valence-corrected chi connectivity index (χ2v) is 7.07. The van der Waals surface area contributed by atoms with Crippen molar-refractivity contribution in [2.24, 2.45) is 0 Å². The summed E-state index contributed by atoms with van der Waals surface area (Å²) >= 11 is 0. The summed E-state index contributed by atoms with van der Waals surface area (Å²) in [7, 11) is 2.12. The Morgan fingerprint density at radius 3 is 2.32 bits per heavy atom. The maximum Gasteiger partial charge on any atom is 0.161 e. The molecular weight excluding hydrogens is 346 g/mol. The quantitative estimate of drug-likeness (QED) is 0.589. The van der Waals surface area contributed by atoms with Crippen molar-refractivity contribution < 1.29 is 9.47 Å². The Balaban J connectivity index is 1.32. The summed E-state index contributed by atoms with van der Waals surface area (Å²) in [6.07, 6.45) is 4.38. The topological polar surface area (TPSA) is 21.7 Å². The van der Waals surface area contributed by atoms with E-state index < -0.39 is 0 Å². The molecule has 1 aliphatic heterocycles. The van der Waals surface area contributed by atoms with E-state index in [4.69, 9.17) is 9.47 Å². The summed E-state index contributed by atoms with van der Waals surface area (Å²) in [5.41, 5.74) is 4.94. The number of ether oxygens (including phenoxy) is 2. The van der Waals surface area contributed by atoms with E-state index in [9.17, 15) is 0 Å². The second kappa shape index (κ2) is 8.77. The van der Waals surface area contributed by atoms with Crippen LogP contribution in [0.1, 0.15) is 11.1 Å². The number of hydrogen-bond donors (Lipinski definition) is 0. The Morgan fingerprint density at radius 2 is 1.54 bits per heavy atom. The Labute approximate surface area is 166 Å². The van der Waals surface area contributed by atoms with Crippen molar-refractivity contribution >= 4 is 6.08 Å². The molecule has 0 N–H and O–H groups in total. The fourth-order valence-electron chi connectivity index (χ4n) is 3.35. The number of nitrogens with zero attached hydrogens (tertiary/aromatic N) is 1. The molecule has 3 nitrogen and oxygen atoms in total. The van der Waals surface area contributed by atoms with Crippen LogP contribution in [0, 0.1) is 0 Å². The van der Waals surface area contributed by atoms with E-state index >= 15 is 0 Å². The van der Waals surface area contributed by atoms with Crippen molar-refractivity contribution in [3.05, 3.63) is 90.0 Å². The Morgan fingerprint density at radius 1 is 0.821 bits per heavy atom. The van der Waals surface area contributed by atoms with Gasteiger partial charge in [-0.3, -0.25) is 4.90 Å². The minimum absolute atomic E-state index is 0.623. The minimum atomic E-state index is 0.623. The van der Waals surface area contributed by atoms with Gasteiger partial charge in [-0.1, -0.05) is 72.8 Å². The standard InChI is InChI=1S/C25H25NO2/c1-26(19-21-11-14-24-25(18-21)28-17-16-27-24)15-5-6-20-9-12-23(13-10-20)22-7-3-2-4-8-22/h2-14,18H,15-17,19H2,1H3. The molecule has 1 heterocycles. The zero-order valence-corrected chi connectivity index (χ0v) is 16.2. The van der Waals surface area contributed by atoms with Crippen molar-refractivity contribution in [2.75, 3.05) is 26.8 Å². The molecule has 0 unspecified atom stereocenters. The molecule has 0 bridgehead atoms. The normalized spacial score (nSPS) is 13.2. The van der Waals surface area contributed by atoms with Crippen LogP contribution in [0.5, 0.6) is 11.5 Å². The molecular formula is C25H25NO2. The van der Waals surface area contributed by atoms with Gasteiger partial charge in [0.25, 0.3) is 0 Å². The van der Waals surface area contributed by atoms with Gasteiger partial charge in [0.05, 0.1) is 0 Å². The summed E-state index contributed by atoms with van der Waals surface area (Å²) in [6, 6.07) is 25.3. The molecule has 1 aliphatic rings. The van der Waals surface area contributed by atoms with Gasteiger partial charge in [-0.2, -0.15) is 0 Å². The van der Waals surface area contributed by atoms with Crippen molar-refractivity contribution in [1.82, 2.24) is 4.90 Å². The third-order valence-corrected chi connectivity index (χ3v) is 4.80. The minimum Gasteiger partial charge on any atom is -0.486 e. The average Bonchev–Trinajstić information content (AvgIpc) is 2.75. The first-order chi connectivity index (χ1) is 13.8. The molecule has 0 saturated carbocycles. The van der Waals surface area contributed by atoms with Crippen molar-refractivity contribution in [3.63, 3.8) is 0 Å². The first-order valence-corrected chi connectivity index (χ1v) is 9.67. The third kappa shape index (κ3) is 4.62. The van der Waals surface area contributed by atoms with Crippen LogP contribution in [-0.4, -0.2) is 31.7 Å². The fourth-order valence-corrected chi connectivity index (χ4v) is 3.35. The van der Waals surface area contributed by atoms with Crippen molar-refractivity contribution in [1.29, 1.82) is 0 Å². The molecule has 0 aliphatic carbocycles. The number of benzene rings is 3. The predicted octanol–water partition coefficient (Wildman–Crippen LogP) is 5.27. The summed E-state index contributed by atoms with van der Waals surface area (Å²) in [5, 5.41) is 0. The first-order valence-electron chi connectivity index (χ1n) is 9.67. The molecule has 0 radical (unpaired) electrons. The molecule has 0 atom stereocenters. The highest BCUT2D eigenvalue weighted by atomic mass is 16.6. The lowest BCUT2D eigenvalue weighted by Gasteiger charge is -2.20. The lowest BCUT2D eigenvalue weighted by atomic mass is 10.0. The van der Waals surface area contributed by atoms with Crippen LogP contribution in [0.2, 0.25) is 0 Å². The van der Waals surface area contributed by atoms with E-state index in [1.807, 2.05) is 12.1 Å².